The van der Waals surface area contributed by atoms with Crippen molar-refractivity contribution in [2.24, 2.45) is 5.73 Å². The third-order valence-electron chi connectivity index (χ3n) is 1.25. The Labute approximate surface area is 78.5 Å². The SMILES string of the molecule is CCSCCN(C)CC(N)=S. The molecule has 0 aromatic carbocycles. The summed E-state index contributed by atoms with van der Waals surface area (Å²) in [6.45, 7) is 3.97. The maximum absolute atomic E-state index is 5.38. The molecule has 0 bridgehead atoms. The molecule has 0 spiro atoms. The van der Waals surface area contributed by atoms with Gasteiger partial charge in [-0.3, -0.25) is 4.90 Å². The molecule has 66 valence electrons. The second-order valence-corrected chi connectivity index (χ2v) is 4.32. The Morgan fingerprint density at radius 2 is 2.27 bits per heavy atom. The zero-order chi connectivity index (χ0) is 8.69. The molecule has 0 fully saturated rings. The lowest BCUT2D eigenvalue weighted by atomic mass is 10.5. The van der Waals surface area contributed by atoms with E-state index in [0.29, 0.717) is 4.99 Å². The van der Waals surface area contributed by atoms with Crippen molar-refractivity contribution in [1.82, 2.24) is 4.90 Å². The number of thiocarbonyl (C=S) groups is 1. The third kappa shape index (κ3) is 8.10. The topological polar surface area (TPSA) is 29.3 Å². The fraction of sp³-hybridized carbons (Fsp3) is 0.857. The molecule has 0 aliphatic rings. The minimum atomic E-state index is 0.578. The number of likely N-dealkylation sites (N-methyl/N-ethyl adjacent to an activating group) is 1. The van der Waals surface area contributed by atoms with Crippen LogP contribution in [0, 0.1) is 0 Å². The van der Waals surface area contributed by atoms with Gasteiger partial charge >= 0.3 is 0 Å². The summed E-state index contributed by atoms with van der Waals surface area (Å²) in [5.41, 5.74) is 5.38. The van der Waals surface area contributed by atoms with E-state index in [2.05, 4.69) is 11.8 Å². The van der Waals surface area contributed by atoms with Gasteiger partial charge in [-0.15, -0.1) is 0 Å². The molecule has 0 aliphatic heterocycles. The minimum absolute atomic E-state index is 0.578. The zero-order valence-electron chi connectivity index (χ0n) is 7.17. The van der Waals surface area contributed by atoms with Crippen LogP contribution in [-0.4, -0.2) is 41.5 Å². The van der Waals surface area contributed by atoms with Crippen molar-refractivity contribution in [1.29, 1.82) is 0 Å². The predicted molar refractivity (Wildman–Crippen MR) is 57.3 cm³/mol. The van der Waals surface area contributed by atoms with E-state index >= 15 is 0 Å². The van der Waals surface area contributed by atoms with Crippen molar-refractivity contribution in [3.05, 3.63) is 0 Å². The highest BCUT2D eigenvalue weighted by atomic mass is 32.2. The van der Waals surface area contributed by atoms with E-state index in [1.165, 1.54) is 5.75 Å². The van der Waals surface area contributed by atoms with Gasteiger partial charge in [-0.1, -0.05) is 19.1 Å². The van der Waals surface area contributed by atoms with Crippen LogP contribution in [-0.2, 0) is 0 Å². The highest BCUT2D eigenvalue weighted by Crippen LogP contribution is 1.97. The largest absolute Gasteiger partial charge is 0.392 e. The molecule has 0 aromatic rings. The first-order valence-corrected chi connectivity index (χ1v) is 5.27. The summed E-state index contributed by atoms with van der Waals surface area (Å²) in [6, 6.07) is 0. The van der Waals surface area contributed by atoms with Gasteiger partial charge in [0.05, 0.1) is 4.99 Å². The molecule has 4 heteroatoms. The molecule has 0 aliphatic carbocycles. The summed E-state index contributed by atoms with van der Waals surface area (Å²) in [4.78, 5) is 2.72. The molecule has 0 heterocycles. The summed E-state index contributed by atoms with van der Waals surface area (Å²) in [6.07, 6.45) is 0. The average Bonchev–Trinajstić information content (AvgIpc) is 1.86. The maximum Gasteiger partial charge on any atom is 0.0869 e. The second-order valence-electron chi connectivity index (χ2n) is 2.40. The Balaban J connectivity index is 3.22. The summed E-state index contributed by atoms with van der Waals surface area (Å²) >= 11 is 6.72. The summed E-state index contributed by atoms with van der Waals surface area (Å²) in [5, 5.41) is 0. The van der Waals surface area contributed by atoms with Gasteiger partial charge in [0.1, 0.15) is 0 Å². The second kappa shape index (κ2) is 6.88. The van der Waals surface area contributed by atoms with Gasteiger partial charge in [-0.25, -0.2) is 0 Å². The summed E-state index contributed by atoms with van der Waals surface area (Å²) in [7, 11) is 2.04. The van der Waals surface area contributed by atoms with Gasteiger partial charge in [0, 0.05) is 18.8 Å². The molecule has 11 heavy (non-hydrogen) atoms. The lowest BCUT2D eigenvalue weighted by Crippen LogP contribution is -2.31. The molecule has 2 N–H and O–H groups in total. The molecule has 0 rings (SSSR count). The van der Waals surface area contributed by atoms with E-state index < -0.39 is 0 Å². The number of hydrogen-bond acceptors (Lipinski definition) is 3. The molecule has 2 nitrogen and oxygen atoms in total. The van der Waals surface area contributed by atoms with E-state index in [-0.39, 0.29) is 0 Å². The standard InChI is InChI=1S/C7H16N2S2/c1-3-11-5-4-9(2)6-7(8)10/h3-6H2,1-2H3,(H2,8,10). The molecule has 0 saturated carbocycles. The Hall–Kier alpha value is 0.200. The highest BCUT2D eigenvalue weighted by Gasteiger charge is 1.97. The lowest BCUT2D eigenvalue weighted by molar-refractivity contribution is 0.408. The molecule has 0 aromatic heterocycles. The maximum atomic E-state index is 5.38. The first-order chi connectivity index (χ1) is 5.16. The van der Waals surface area contributed by atoms with Crippen LogP contribution in [0.15, 0.2) is 0 Å². The van der Waals surface area contributed by atoms with Crippen LogP contribution < -0.4 is 5.73 Å². The first-order valence-electron chi connectivity index (χ1n) is 3.71. The fourth-order valence-electron chi connectivity index (χ4n) is 0.710. The number of nitrogens with zero attached hydrogens (tertiary/aromatic N) is 1. The average molecular weight is 192 g/mol. The molecule has 0 unspecified atom stereocenters. The molecule has 0 amide bonds. The van der Waals surface area contributed by atoms with Gasteiger partial charge in [0.15, 0.2) is 0 Å². The van der Waals surface area contributed by atoms with Crippen LogP contribution in [0.3, 0.4) is 0 Å². The predicted octanol–water partition coefficient (Wildman–Crippen LogP) is 0.957. The van der Waals surface area contributed by atoms with Gasteiger partial charge < -0.3 is 5.73 Å². The summed E-state index contributed by atoms with van der Waals surface area (Å²) < 4.78 is 0. The van der Waals surface area contributed by atoms with Crippen LogP contribution in [0.25, 0.3) is 0 Å². The Morgan fingerprint density at radius 1 is 1.64 bits per heavy atom. The zero-order valence-corrected chi connectivity index (χ0v) is 8.80. The number of hydrogen-bond donors (Lipinski definition) is 1. The van der Waals surface area contributed by atoms with Crippen LogP contribution in [0.1, 0.15) is 6.92 Å². The normalized spacial score (nSPS) is 10.5. The van der Waals surface area contributed by atoms with Gasteiger partial charge in [0.2, 0.25) is 0 Å². The van der Waals surface area contributed by atoms with E-state index in [0.717, 1.165) is 18.8 Å². The fourth-order valence-corrected chi connectivity index (χ4v) is 1.66. The van der Waals surface area contributed by atoms with Crippen LogP contribution >= 0.6 is 24.0 Å². The van der Waals surface area contributed by atoms with Gasteiger partial charge in [-0.05, 0) is 12.8 Å². The molecule has 0 atom stereocenters. The van der Waals surface area contributed by atoms with Crippen LogP contribution in [0.4, 0.5) is 0 Å². The van der Waals surface area contributed by atoms with Crippen LogP contribution in [0.2, 0.25) is 0 Å². The highest BCUT2D eigenvalue weighted by molar-refractivity contribution is 7.99. The number of thioether (sulfide) groups is 1. The molecular formula is C7H16N2S2. The van der Waals surface area contributed by atoms with Crippen LogP contribution in [0.5, 0.6) is 0 Å². The van der Waals surface area contributed by atoms with Crippen molar-refractivity contribution in [3.63, 3.8) is 0 Å². The minimum Gasteiger partial charge on any atom is -0.392 e. The number of rotatable bonds is 6. The number of nitrogens with two attached hydrogens (primary N) is 1. The van der Waals surface area contributed by atoms with E-state index in [1.54, 1.807) is 0 Å². The van der Waals surface area contributed by atoms with E-state index in [4.69, 9.17) is 18.0 Å². The van der Waals surface area contributed by atoms with E-state index in [9.17, 15) is 0 Å². The summed E-state index contributed by atoms with van der Waals surface area (Å²) in [5.74, 6) is 2.34. The van der Waals surface area contributed by atoms with Crippen molar-refractivity contribution in [2.75, 3.05) is 31.6 Å². The first kappa shape index (κ1) is 11.2. The molecular weight excluding hydrogens is 176 g/mol. The molecule has 0 saturated heterocycles. The van der Waals surface area contributed by atoms with Crippen molar-refractivity contribution in [3.8, 4) is 0 Å². The van der Waals surface area contributed by atoms with Gasteiger partial charge in [-0.2, -0.15) is 11.8 Å². The molecule has 0 radical (unpaired) electrons. The quantitative estimate of drug-likeness (QED) is 0.501. The van der Waals surface area contributed by atoms with Crippen molar-refractivity contribution >= 4 is 29.0 Å². The van der Waals surface area contributed by atoms with Crippen molar-refractivity contribution in [2.45, 2.75) is 6.92 Å². The Bertz CT molecular complexity index is 117. The Kier molecular flexibility index (Phi) is 7.01. The monoisotopic (exact) mass is 192 g/mol. The Morgan fingerprint density at radius 3 is 2.73 bits per heavy atom. The van der Waals surface area contributed by atoms with E-state index in [1.807, 2.05) is 18.8 Å². The van der Waals surface area contributed by atoms with Gasteiger partial charge in [0.25, 0.3) is 0 Å². The smallest absolute Gasteiger partial charge is 0.0869 e. The lowest BCUT2D eigenvalue weighted by Gasteiger charge is -2.14. The third-order valence-corrected chi connectivity index (χ3v) is 2.26. The van der Waals surface area contributed by atoms with Crippen molar-refractivity contribution < 1.29 is 0 Å².